The van der Waals surface area contributed by atoms with E-state index in [1.807, 2.05) is 35.0 Å². The molecular weight excluding hydrogens is 412 g/mol. The number of nitrogens with zero attached hydrogens (tertiary/aromatic N) is 7. The third-order valence-electron chi connectivity index (χ3n) is 7.26. The Kier molecular flexibility index (Phi) is 3.96. The first kappa shape index (κ1) is 18.6. The van der Waals surface area contributed by atoms with E-state index in [0.717, 1.165) is 53.8 Å². The number of anilines is 1. The molecule has 0 amide bonds. The molecule has 8 heteroatoms. The highest BCUT2D eigenvalue weighted by Gasteiger charge is 2.38. The second kappa shape index (κ2) is 7.02. The molecule has 3 aliphatic heterocycles. The van der Waals surface area contributed by atoms with E-state index in [9.17, 15) is 0 Å². The van der Waals surface area contributed by atoms with E-state index in [4.69, 9.17) is 10.2 Å². The zero-order valence-corrected chi connectivity index (χ0v) is 18.0. The molecule has 7 rings (SSSR count). The molecule has 2 fully saturated rings. The number of fused-ring (bicyclic) bond motifs is 6. The Morgan fingerprint density at radius 2 is 2.00 bits per heavy atom. The molecule has 0 saturated carbocycles. The standard InChI is InChI=1S/C25H22N8/c26-11-16-1-3-17(4-2-16)18-9-22-25-30-29-15-33(25)23-12-28-24(10-19(23)14-31(22)13-18)32-8-6-20-21(32)5-7-27-20/h1-4,9-10,12-13,15,20-21,27H,5-8,14H2/t20-,21+/m1/s1. The van der Waals surface area contributed by atoms with Gasteiger partial charge in [0.15, 0.2) is 5.82 Å². The number of rotatable bonds is 2. The fourth-order valence-electron chi connectivity index (χ4n) is 5.62. The van der Waals surface area contributed by atoms with Crippen molar-refractivity contribution in [1.29, 1.82) is 5.26 Å². The Morgan fingerprint density at radius 3 is 2.88 bits per heavy atom. The minimum absolute atomic E-state index is 0.539. The van der Waals surface area contributed by atoms with Crippen molar-refractivity contribution in [2.45, 2.75) is 31.5 Å². The maximum Gasteiger partial charge on any atom is 0.185 e. The lowest BCUT2D eigenvalue weighted by molar-refractivity contribution is 0.599. The molecule has 0 aliphatic carbocycles. The highest BCUT2D eigenvalue weighted by atomic mass is 15.3. The van der Waals surface area contributed by atoms with Crippen LogP contribution >= 0.6 is 0 Å². The van der Waals surface area contributed by atoms with Crippen LogP contribution in [0.25, 0.3) is 28.3 Å². The molecule has 8 nitrogen and oxygen atoms in total. The predicted molar refractivity (Wildman–Crippen MR) is 124 cm³/mol. The van der Waals surface area contributed by atoms with Gasteiger partial charge >= 0.3 is 0 Å². The normalized spacial score (nSPS) is 20.5. The molecule has 33 heavy (non-hydrogen) atoms. The second-order valence-corrected chi connectivity index (χ2v) is 9.03. The van der Waals surface area contributed by atoms with Crippen LogP contribution in [0.4, 0.5) is 5.82 Å². The van der Waals surface area contributed by atoms with Crippen molar-refractivity contribution in [3.8, 4) is 34.4 Å². The summed E-state index contributed by atoms with van der Waals surface area (Å²) in [6, 6.07) is 15.4. The quantitative estimate of drug-likeness (QED) is 0.460. The van der Waals surface area contributed by atoms with Crippen LogP contribution in [0.3, 0.4) is 0 Å². The molecule has 0 unspecified atom stereocenters. The molecule has 162 valence electrons. The number of hydrogen-bond donors (Lipinski definition) is 1. The Bertz CT molecular complexity index is 1410. The van der Waals surface area contributed by atoms with Gasteiger partial charge in [0.05, 0.1) is 29.2 Å². The maximum absolute atomic E-state index is 9.11. The zero-order valence-electron chi connectivity index (χ0n) is 18.0. The van der Waals surface area contributed by atoms with E-state index in [2.05, 4.69) is 49.4 Å². The molecule has 3 aliphatic rings. The molecule has 2 saturated heterocycles. The van der Waals surface area contributed by atoms with Gasteiger partial charge in [-0.2, -0.15) is 5.26 Å². The summed E-state index contributed by atoms with van der Waals surface area (Å²) in [6.07, 6.45) is 8.26. The lowest BCUT2D eigenvalue weighted by Crippen LogP contribution is -2.34. The van der Waals surface area contributed by atoms with Gasteiger partial charge in [-0.05, 0) is 49.2 Å². The van der Waals surface area contributed by atoms with E-state index in [0.29, 0.717) is 17.6 Å². The van der Waals surface area contributed by atoms with E-state index in [1.165, 1.54) is 18.4 Å². The van der Waals surface area contributed by atoms with Crippen LogP contribution in [0.15, 0.2) is 55.1 Å². The average molecular weight is 435 g/mol. The van der Waals surface area contributed by atoms with Crippen LogP contribution in [0.2, 0.25) is 0 Å². The summed E-state index contributed by atoms with van der Waals surface area (Å²) < 4.78 is 4.28. The summed E-state index contributed by atoms with van der Waals surface area (Å²) >= 11 is 0. The predicted octanol–water partition coefficient (Wildman–Crippen LogP) is 2.97. The van der Waals surface area contributed by atoms with E-state index in [1.54, 1.807) is 6.33 Å². The van der Waals surface area contributed by atoms with Crippen molar-refractivity contribution in [2.24, 2.45) is 0 Å². The largest absolute Gasteiger partial charge is 0.352 e. The van der Waals surface area contributed by atoms with E-state index >= 15 is 0 Å². The molecule has 0 spiro atoms. The Balaban J connectivity index is 1.31. The Hall–Kier alpha value is -3.96. The monoisotopic (exact) mass is 434 g/mol. The molecule has 0 radical (unpaired) electrons. The first-order valence-electron chi connectivity index (χ1n) is 11.4. The SMILES string of the molecule is N#Cc1ccc(-c2cc3n(c2)Cc2cc(N4CC[C@H]5NCC[C@@H]54)ncc2-n2cnnc2-3)cc1. The third-order valence-corrected chi connectivity index (χ3v) is 7.26. The summed E-state index contributed by atoms with van der Waals surface area (Å²) in [5, 5.41) is 21.4. The fourth-order valence-corrected chi connectivity index (χ4v) is 5.62. The van der Waals surface area contributed by atoms with Crippen LogP contribution in [0.5, 0.6) is 0 Å². The highest BCUT2D eigenvalue weighted by Crippen LogP contribution is 2.36. The highest BCUT2D eigenvalue weighted by molar-refractivity contribution is 5.72. The summed E-state index contributed by atoms with van der Waals surface area (Å²) in [6.45, 7) is 2.87. The minimum atomic E-state index is 0.539. The number of benzene rings is 1. The van der Waals surface area contributed by atoms with Crippen LogP contribution < -0.4 is 10.2 Å². The molecule has 3 aromatic heterocycles. The number of nitrogens with one attached hydrogen (secondary N) is 1. The fraction of sp³-hybridized carbons (Fsp3) is 0.280. The van der Waals surface area contributed by atoms with Gasteiger partial charge < -0.3 is 14.8 Å². The van der Waals surface area contributed by atoms with Crippen LogP contribution in [-0.2, 0) is 6.54 Å². The van der Waals surface area contributed by atoms with Crippen LogP contribution in [-0.4, -0.2) is 49.5 Å². The summed E-state index contributed by atoms with van der Waals surface area (Å²) in [5.41, 5.74) is 6.09. The van der Waals surface area contributed by atoms with E-state index in [-0.39, 0.29) is 0 Å². The van der Waals surface area contributed by atoms with Crippen molar-refractivity contribution in [3.05, 3.63) is 66.2 Å². The summed E-state index contributed by atoms with van der Waals surface area (Å²) in [7, 11) is 0. The van der Waals surface area contributed by atoms with Gasteiger partial charge in [-0.15, -0.1) is 10.2 Å². The molecule has 4 aromatic rings. The molecule has 6 heterocycles. The van der Waals surface area contributed by atoms with Gasteiger partial charge in [0.2, 0.25) is 0 Å². The van der Waals surface area contributed by atoms with Gasteiger partial charge in [-0.1, -0.05) is 12.1 Å². The minimum Gasteiger partial charge on any atom is -0.352 e. The maximum atomic E-state index is 9.11. The summed E-state index contributed by atoms with van der Waals surface area (Å²) in [5.74, 6) is 1.87. The third kappa shape index (κ3) is 2.82. The van der Waals surface area contributed by atoms with E-state index < -0.39 is 0 Å². The lowest BCUT2D eigenvalue weighted by Gasteiger charge is -2.25. The number of nitriles is 1. The zero-order chi connectivity index (χ0) is 21.9. The van der Waals surface area contributed by atoms with Gasteiger partial charge in [0.25, 0.3) is 0 Å². The van der Waals surface area contributed by atoms with Crippen molar-refractivity contribution in [3.63, 3.8) is 0 Å². The molecule has 1 aromatic carbocycles. The van der Waals surface area contributed by atoms with Gasteiger partial charge in [0.1, 0.15) is 12.1 Å². The van der Waals surface area contributed by atoms with Crippen molar-refractivity contribution >= 4 is 5.82 Å². The number of aromatic nitrogens is 5. The average Bonchev–Trinajstić information content (AvgIpc) is 3.62. The number of pyridine rings is 1. The molecular formula is C25H22N8. The molecule has 0 bridgehead atoms. The topological polar surface area (TPSA) is 87.6 Å². The Labute approximate surface area is 191 Å². The first-order valence-corrected chi connectivity index (χ1v) is 11.4. The molecule has 2 atom stereocenters. The van der Waals surface area contributed by atoms with Gasteiger partial charge in [0, 0.05) is 42.5 Å². The smallest absolute Gasteiger partial charge is 0.185 e. The lowest BCUT2D eigenvalue weighted by atomic mass is 10.1. The second-order valence-electron chi connectivity index (χ2n) is 9.03. The van der Waals surface area contributed by atoms with Crippen molar-refractivity contribution < 1.29 is 0 Å². The van der Waals surface area contributed by atoms with Crippen LogP contribution in [0, 0.1) is 11.3 Å². The Morgan fingerprint density at radius 1 is 1.09 bits per heavy atom. The van der Waals surface area contributed by atoms with Crippen LogP contribution in [0.1, 0.15) is 24.0 Å². The van der Waals surface area contributed by atoms with Crippen molar-refractivity contribution in [1.82, 2.24) is 29.6 Å². The van der Waals surface area contributed by atoms with Gasteiger partial charge in [-0.3, -0.25) is 4.57 Å². The van der Waals surface area contributed by atoms with Crippen molar-refractivity contribution in [2.75, 3.05) is 18.0 Å². The molecule has 1 N–H and O–H groups in total. The van der Waals surface area contributed by atoms with Gasteiger partial charge in [-0.25, -0.2) is 4.98 Å². The first-order chi connectivity index (χ1) is 16.3. The summed E-state index contributed by atoms with van der Waals surface area (Å²) in [4.78, 5) is 7.34. The number of hydrogen-bond acceptors (Lipinski definition) is 6.